The number of urea groups is 1. The van der Waals surface area contributed by atoms with Crippen molar-refractivity contribution in [3.05, 3.63) is 21.9 Å². The largest absolute Gasteiger partial charge is 0.388 e. The molecule has 0 aromatic carbocycles. The summed E-state index contributed by atoms with van der Waals surface area (Å²) in [5.74, 6) is 0. The van der Waals surface area contributed by atoms with E-state index in [9.17, 15) is 9.90 Å². The molecule has 1 aromatic heterocycles. The fourth-order valence-electron chi connectivity index (χ4n) is 2.23. The summed E-state index contributed by atoms with van der Waals surface area (Å²) in [5.41, 5.74) is -0.661. The van der Waals surface area contributed by atoms with Crippen molar-refractivity contribution in [1.29, 1.82) is 0 Å². The van der Waals surface area contributed by atoms with Gasteiger partial charge in [-0.3, -0.25) is 0 Å². The van der Waals surface area contributed by atoms with Crippen LogP contribution in [0.3, 0.4) is 0 Å². The maximum absolute atomic E-state index is 11.7. The Morgan fingerprint density at radius 1 is 1.53 bits per heavy atom. The lowest BCUT2D eigenvalue weighted by Crippen LogP contribution is -2.51. The van der Waals surface area contributed by atoms with Gasteiger partial charge in [0.05, 0.1) is 5.60 Å². The second-order valence-electron chi connectivity index (χ2n) is 5.52. The van der Waals surface area contributed by atoms with Crippen LogP contribution in [0.25, 0.3) is 0 Å². The van der Waals surface area contributed by atoms with Crippen LogP contribution in [0.1, 0.15) is 35.9 Å². The molecular weight excluding hydrogens is 260 g/mol. The molecule has 4 nitrogen and oxygen atoms in total. The zero-order valence-electron chi connectivity index (χ0n) is 11.5. The Hall–Kier alpha value is -1.07. The van der Waals surface area contributed by atoms with Crippen molar-refractivity contribution in [3.63, 3.8) is 0 Å². The van der Waals surface area contributed by atoms with E-state index >= 15 is 0 Å². The van der Waals surface area contributed by atoms with Gasteiger partial charge in [0.2, 0.25) is 0 Å². The Labute approximate surface area is 118 Å². The molecule has 0 aliphatic heterocycles. The summed E-state index contributed by atoms with van der Waals surface area (Å²) in [6.07, 6.45) is 3.47. The zero-order chi connectivity index (χ0) is 13.9. The molecule has 0 spiro atoms. The first-order chi connectivity index (χ1) is 8.97. The first-order valence-electron chi connectivity index (χ1n) is 6.79. The number of hydrogen-bond donors (Lipinski definition) is 3. The van der Waals surface area contributed by atoms with Crippen molar-refractivity contribution in [2.75, 3.05) is 6.54 Å². The topological polar surface area (TPSA) is 61.4 Å². The average Bonchev–Trinajstić information content (AvgIpc) is 2.69. The molecule has 1 aromatic rings. The first kappa shape index (κ1) is 14.3. The van der Waals surface area contributed by atoms with Gasteiger partial charge >= 0.3 is 6.03 Å². The highest BCUT2D eigenvalue weighted by atomic mass is 32.1. The van der Waals surface area contributed by atoms with Crippen molar-refractivity contribution >= 4 is 17.4 Å². The number of amides is 2. The Morgan fingerprint density at radius 2 is 2.26 bits per heavy atom. The van der Waals surface area contributed by atoms with Gasteiger partial charge in [-0.2, -0.15) is 0 Å². The second kappa shape index (κ2) is 5.92. The van der Waals surface area contributed by atoms with Gasteiger partial charge in [0.1, 0.15) is 0 Å². The van der Waals surface area contributed by atoms with Gasteiger partial charge in [-0.15, -0.1) is 11.3 Å². The van der Waals surface area contributed by atoms with Gasteiger partial charge in [-0.25, -0.2) is 4.79 Å². The summed E-state index contributed by atoms with van der Waals surface area (Å²) in [6.45, 7) is 4.43. The molecule has 1 heterocycles. The average molecular weight is 282 g/mol. The normalized spacial score (nSPS) is 18.5. The molecule has 106 valence electrons. The van der Waals surface area contributed by atoms with E-state index in [0.29, 0.717) is 6.54 Å². The second-order valence-corrected chi connectivity index (χ2v) is 6.89. The summed E-state index contributed by atoms with van der Waals surface area (Å²) in [7, 11) is 0. The molecule has 19 heavy (non-hydrogen) atoms. The number of rotatable bonds is 5. The molecule has 5 heteroatoms. The van der Waals surface area contributed by atoms with E-state index in [1.807, 2.05) is 6.92 Å². The maximum Gasteiger partial charge on any atom is 0.315 e. The molecular formula is C14H22N2O2S. The van der Waals surface area contributed by atoms with Crippen LogP contribution in [0.2, 0.25) is 0 Å². The maximum atomic E-state index is 11.7. The predicted octanol–water partition coefficient (Wildman–Crippen LogP) is 2.20. The van der Waals surface area contributed by atoms with Gasteiger partial charge in [-0.1, -0.05) is 0 Å². The summed E-state index contributed by atoms with van der Waals surface area (Å²) in [6, 6.07) is 4.10. The summed E-state index contributed by atoms with van der Waals surface area (Å²) in [4.78, 5) is 14.3. The smallest absolute Gasteiger partial charge is 0.315 e. The lowest BCUT2D eigenvalue weighted by atomic mass is 9.80. The predicted molar refractivity (Wildman–Crippen MR) is 77.6 cm³/mol. The number of thiophene rings is 1. The van der Waals surface area contributed by atoms with Crippen LogP contribution in [-0.4, -0.2) is 29.3 Å². The molecule has 1 fully saturated rings. The van der Waals surface area contributed by atoms with Gasteiger partial charge in [0.15, 0.2) is 0 Å². The molecule has 2 rings (SSSR count). The van der Waals surface area contributed by atoms with E-state index in [1.165, 1.54) is 9.75 Å². The van der Waals surface area contributed by atoms with Crippen LogP contribution in [0.15, 0.2) is 12.1 Å². The van der Waals surface area contributed by atoms with E-state index < -0.39 is 5.60 Å². The van der Waals surface area contributed by atoms with Gasteiger partial charge in [-0.05, 0) is 45.2 Å². The van der Waals surface area contributed by atoms with Crippen molar-refractivity contribution in [1.82, 2.24) is 10.6 Å². The van der Waals surface area contributed by atoms with Crippen molar-refractivity contribution < 1.29 is 9.90 Å². The molecule has 0 saturated heterocycles. The number of aliphatic hydroxyl groups is 1. The van der Waals surface area contributed by atoms with Crippen LogP contribution in [0.5, 0.6) is 0 Å². The Bertz CT molecular complexity index is 440. The summed E-state index contributed by atoms with van der Waals surface area (Å²) >= 11 is 1.76. The number of carbonyl (C=O) groups is 1. The van der Waals surface area contributed by atoms with Crippen molar-refractivity contribution in [3.8, 4) is 0 Å². The fourth-order valence-corrected chi connectivity index (χ4v) is 3.25. The Kier molecular flexibility index (Phi) is 4.47. The van der Waals surface area contributed by atoms with E-state index in [0.717, 1.165) is 25.7 Å². The van der Waals surface area contributed by atoms with Gasteiger partial charge in [0, 0.05) is 28.8 Å². The molecule has 1 unspecified atom stereocenters. The Balaban J connectivity index is 1.69. The standard InChI is InChI=1S/C14H22N2O2S/c1-10(8-12-5-4-11(2)19-12)16-13(17)15-9-14(18)6-3-7-14/h4-5,10,18H,3,6-9H2,1-2H3,(H2,15,16,17). The summed E-state index contributed by atoms with van der Waals surface area (Å²) < 4.78 is 0. The molecule has 3 N–H and O–H groups in total. The van der Waals surface area contributed by atoms with Gasteiger partial charge < -0.3 is 15.7 Å². The number of carbonyl (C=O) groups excluding carboxylic acids is 1. The van der Waals surface area contributed by atoms with Crippen LogP contribution >= 0.6 is 11.3 Å². The molecule has 1 saturated carbocycles. The van der Waals surface area contributed by atoms with Crippen LogP contribution in [0, 0.1) is 6.92 Å². The van der Waals surface area contributed by atoms with E-state index in [4.69, 9.17) is 0 Å². The van der Waals surface area contributed by atoms with Crippen LogP contribution < -0.4 is 10.6 Å². The van der Waals surface area contributed by atoms with Crippen molar-refractivity contribution in [2.24, 2.45) is 0 Å². The third kappa shape index (κ3) is 4.21. The molecule has 1 aliphatic carbocycles. The highest BCUT2D eigenvalue weighted by Crippen LogP contribution is 2.30. The fraction of sp³-hybridized carbons (Fsp3) is 0.643. The number of hydrogen-bond acceptors (Lipinski definition) is 3. The minimum atomic E-state index is -0.661. The third-order valence-electron chi connectivity index (χ3n) is 3.54. The quantitative estimate of drug-likeness (QED) is 0.775. The number of nitrogens with one attached hydrogen (secondary N) is 2. The third-order valence-corrected chi connectivity index (χ3v) is 4.57. The monoisotopic (exact) mass is 282 g/mol. The van der Waals surface area contributed by atoms with Crippen LogP contribution in [0.4, 0.5) is 4.79 Å². The minimum absolute atomic E-state index is 0.0917. The highest BCUT2D eigenvalue weighted by molar-refractivity contribution is 7.11. The molecule has 2 amide bonds. The Morgan fingerprint density at radius 3 is 2.79 bits per heavy atom. The van der Waals surface area contributed by atoms with Crippen molar-refractivity contribution in [2.45, 2.75) is 51.2 Å². The van der Waals surface area contributed by atoms with Crippen LogP contribution in [-0.2, 0) is 6.42 Å². The molecule has 1 atom stereocenters. The van der Waals surface area contributed by atoms with E-state index in [2.05, 4.69) is 29.7 Å². The van der Waals surface area contributed by atoms with Gasteiger partial charge in [0.25, 0.3) is 0 Å². The molecule has 1 aliphatic rings. The molecule has 0 bridgehead atoms. The lowest BCUT2D eigenvalue weighted by Gasteiger charge is -2.36. The van der Waals surface area contributed by atoms with E-state index in [1.54, 1.807) is 11.3 Å². The lowest BCUT2D eigenvalue weighted by molar-refractivity contribution is -0.0290. The van der Waals surface area contributed by atoms with E-state index in [-0.39, 0.29) is 12.1 Å². The highest BCUT2D eigenvalue weighted by Gasteiger charge is 2.34. The molecule has 0 radical (unpaired) electrons. The summed E-state index contributed by atoms with van der Waals surface area (Å²) in [5, 5.41) is 15.5. The number of aryl methyl sites for hydroxylation is 1. The first-order valence-corrected chi connectivity index (χ1v) is 7.61. The SMILES string of the molecule is Cc1ccc(CC(C)NC(=O)NCC2(O)CCC2)s1. The zero-order valence-corrected chi connectivity index (χ0v) is 12.3. The minimum Gasteiger partial charge on any atom is -0.388 e.